The molecule has 1 unspecified atom stereocenters. The molecule has 6 nitrogen and oxygen atoms in total. The van der Waals surface area contributed by atoms with Gasteiger partial charge in [-0.2, -0.15) is 0 Å². The Balaban J connectivity index is 1.76. The van der Waals surface area contributed by atoms with E-state index in [4.69, 9.17) is 9.47 Å². The minimum atomic E-state index is 0.0498. The summed E-state index contributed by atoms with van der Waals surface area (Å²) < 4.78 is 14.0. The second-order valence-corrected chi connectivity index (χ2v) is 6.49. The van der Waals surface area contributed by atoms with Gasteiger partial charge < -0.3 is 14.8 Å². The molecular formula is C18H21BrN4O2. The van der Waals surface area contributed by atoms with Crippen molar-refractivity contribution in [3.63, 3.8) is 0 Å². The van der Waals surface area contributed by atoms with Crippen LogP contribution in [0.1, 0.15) is 31.3 Å². The Morgan fingerprint density at radius 2 is 2.12 bits per heavy atom. The fourth-order valence-electron chi connectivity index (χ4n) is 2.68. The number of aromatic nitrogens is 3. The zero-order chi connectivity index (χ0) is 17.8. The molecule has 0 bridgehead atoms. The smallest absolute Gasteiger partial charge is 0.175 e. The standard InChI is InChI=1S/C18H21BrN4O2/c1-4-25-17-14(19)9-13(10-15(17)24-3)11-20-12(2)18-22-21-16-7-5-6-8-23(16)18/h5-10,12,20H,4,11H2,1-3H3. The van der Waals surface area contributed by atoms with Crippen molar-refractivity contribution < 1.29 is 9.47 Å². The van der Waals surface area contributed by atoms with E-state index in [2.05, 4.69) is 38.4 Å². The van der Waals surface area contributed by atoms with E-state index in [1.807, 2.05) is 47.9 Å². The van der Waals surface area contributed by atoms with E-state index in [1.165, 1.54) is 0 Å². The lowest BCUT2D eigenvalue weighted by Gasteiger charge is -2.16. The number of nitrogens with zero attached hydrogens (tertiary/aromatic N) is 3. The van der Waals surface area contributed by atoms with Crippen LogP contribution in [0.5, 0.6) is 11.5 Å². The third-order valence-electron chi connectivity index (χ3n) is 3.92. The Kier molecular flexibility index (Phi) is 5.55. The average Bonchev–Trinajstić information content (AvgIpc) is 3.05. The number of rotatable bonds is 7. The van der Waals surface area contributed by atoms with Crippen molar-refractivity contribution in [3.8, 4) is 11.5 Å². The maximum Gasteiger partial charge on any atom is 0.175 e. The molecule has 0 radical (unpaired) electrons. The highest BCUT2D eigenvalue weighted by Crippen LogP contribution is 2.36. The molecule has 1 atom stereocenters. The first-order valence-corrected chi connectivity index (χ1v) is 8.95. The fourth-order valence-corrected chi connectivity index (χ4v) is 3.28. The molecular weight excluding hydrogens is 384 g/mol. The molecule has 0 spiro atoms. The number of pyridine rings is 1. The van der Waals surface area contributed by atoms with Gasteiger partial charge in [-0.15, -0.1) is 10.2 Å². The Labute approximate surface area is 155 Å². The van der Waals surface area contributed by atoms with E-state index >= 15 is 0 Å². The van der Waals surface area contributed by atoms with Crippen molar-refractivity contribution in [1.82, 2.24) is 19.9 Å². The lowest BCUT2D eigenvalue weighted by atomic mass is 10.2. The summed E-state index contributed by atoms with van der Waals surface area (Å²) >= 11 is 3.56. The maximum atomic E-state index is 5.63. The van der Waals surface area contributed by atoms with Crippen molar-refractivity contribution in [2.24, 2.45) is 0 Å². The number of nitrogens with one attached hydrogen (secondary N) is 1. The average molecular weight is 405 g/mol. The summed E-state index contributed by atoms with van der Waals surface area (Å²) in [7, 11) is 1.65. The van der Waals surface area contributed by atoms with Gasteiger partial charge in [0.2, 0.25) is 0 Å². The van der Waals surface area contributed by atoms with Gasteiger partial charge in [-0.1, -0.05) is 6.07 Å². The first-order chi connectivity index (χ1) is 12.1. The van der Waals surface area contributed by atoms with Gasteiger partial charge in [-0.05, 0) is 59.6 Å². The van der Waals surface area contributed by atoms with Gasteiger partial charge in [0.1, 0.15) is 0 Å². The number of halogens is 1. The minimum Gasteiger partial charge on any atom is -0.493 e. The number of fused-ring (bicyclic) bond motifs is 1. The molecule has 1 N–H and O–H groups in total. The molecule has 7 heteroatoms. The number of hydrogen-bond donors (Lipinski definition) is 1. The highest BCUT2D eigenvalue weighted by atomic mass is 79.9. The molecule has 132 valence electrons. The van der Waals surface area contributed by atoms with Crippen LogP contribution in [-0.2, 0) is 6.54 Å². The number of methoxy groups -OCH3 is 1. The quantitative estimate of drug-likeness (QED) is 0.649. The minimum absolute atomic E-state index is 0.0498. The fraction of sp³-hybridized carbons (Fsp3) is 0.333. The first-order valence-electron chi connectivity index (χ1n) is 8.16. The molecule has 1 aromatic carbocycles. The highest BCUT2D eigenvalue weighted by Gasteiger charge is 2.15. The maximum absolute atomic E-state index is 5.63. The molecule has 0 saturated carbocycles. The molecule has 0 amide bonds. The van der Waals surface area contributed by atoms with E-state index in [9.17, 15) is 0 Å². The molecule has 0 aliphatic heterocycles. The molecule has 25 heavy (non-hydrogen) atoms. The molecule has 0 fully saturated rings. The lowest BCUT2D eigenvalue weighted by molar-refractivity contribution is 0.308. The topological polar surface area (TPSA) is 60.7 Å². The monoisotopic (exact) mass is 404 g/mol. The molecule has 0 aliphatic rings. The Hall–Kier alpha value is -2.12. The Morgan fingerprint density at radius 3 is 2.88 bits per heavy atom. The summed E-state index contributed by atoms with van der Waals surface area (Å²) in [6.07, 6.45) is 1.97. The van der Waals surface area contributed by atoms with Gasteiger partial charge in [-0.3, -0.25) is 4.40 Å². The predicted molar refractivity (Wildman–Crippen MR) is 100 cm³/mol. The van der Waals surface area contributed by atoms with Crippen LogP contribution in [0.2, 0.25) is 0 Å². The van der Waals surface area contributed by atoms with Crippen molar-refractivity contribution in [3.05, 3.63) is 52.4 Å². The molecule has 0 saturated heterocycles. The van der Waals surface area contributed by atoms with Crippen molar-refractivity contribution >= 4 is 21.6 Å². The van der Waals surface area contributed by atoms with Gasteiger partial charge in [0, 0.05) is 12.7 Å². The summed E-state index contributed by atoms with van der Waals surface area (Å²) in [5.74, 6) is 2.33. The largest absolute Gasteiger partial charge is 0.493 e. The van der Waals surface area contributed by atoms with E-state index in [0.717, 1.165) is 27.3 Å². The van der Waals surface area contributed by atoms with Crippen LogP contribution >= 0.6 is 15.9 Å². The molecule has 0 aliphatic carbocycles. The van der Waals surface area contributed by atoms with Crippen LogP contribution in [0.3, 0.4) is 0 Å². The highest BCUT2D eigenvalue weighted by molar-refractivity contribution is 9.10. The third kappa shape index (κ3) is 3.77. The van der Waals surface area contributed by atoms with E-state index in [1.54, 1.807) is 7.11 Å². The van der Waals surface area contributed by atoms with Crippen molar-refractivity contribution in [2.45, 2.75) is 26.4 Å². The predicted octanol–water partition coefficient (Wildman–Crippen LogP) is 3.75. The summed E-state index contributed by atoms with van der Waals surface area (Å²) in [4.78, 5) is 0. The summed E-state index contributed by atoms with van der Waals surface area (Å²) in [5.41, 5.74) is 1.93. The van der Waals surface area contributed by atoms with Crippen LogP contribution < -0.4 is 14.8 Å². The van der Waals surface area contributed by atoms with Gasteiger partial charge in [0.25, 0.3) is 0 Å². The summed E-state index contributed by atoms with van der Waals surface area (Å²) in [6, 6.07) is 9.94. The summed E-state index contributed by atoms with van der Waals surface area (Å²) in [6.45, 7) is 5.28. The van der Waals surface area contributed by atoms with Crippen LogP contribution in [-0.4, -0.2) is 28.3 Å². The zero-order valence-electron chi connectivity index (χ0n) is 14.5. The van der Waals surface area contributed by atoms with Crippen LogP contribution in [0.4, 0.5) is 0 Å². The molecule has 2 heterocycles. The van der Waals surface area contributed by atoms with Crippen molar-refractivity contribution in [1.29, 1.82) is 0 Å². The van der Waals surface area contributed by atoms with Crippen molar-refractivity contribution in [2.75, 3.05) is 13.7 Å². The van der Waals surface area contributed by atoms with Crippen LogP contribution in [0.25, 0.3) is 5.65 Å². The SMILES string of the molecule is CCOc1c(Br)cc(CNC(C)c2nnc3ccccn23)cc1OC. The Morgan fingerprint density at radius 1 is 1.28 bits per heavy atom. The number of hydrogen-bond acceptors (Lipinski definition) is 5. The first kappa shape index (κ1) is 17.7. The number of ether oxygens (including phenoxy) is 2. The van der Waals surface area contributed by atoms with Gasteiger partial charge in [0.15, 0.2) is 23.0 Å². The van der Waals surface area contributed by atoms with Crippen LogP contribution in [0.15, 0.2) is 41.0 Å². The Bertz CT molecular complexity index is 865. The van der Waals surface area contributed by atoms with E-state index in [-0.39, 0.29) is 6.04 Å². The van der Waals surface area contributed by atoms with Gasteiger partial charge in [0.05, 0.1) is 24.2 Å². The second kappa shape index (κ2) is 7.84. The molecule has 3 rings (SSSR count). The van der Waals surface area contributed by atoms with E-state index in [0.29, 0.717) is 18.9 Å². The third-order valence-corrected chi connectivity index (χ3v) is 4.51. The summed E-state index contributed by atoms with van der Waals surface area (Å²) in [5, 5.41) is 12.0. The molecule has 3 aromatic rings. The van der Waals surface area contributed by atoms with Crippen LogP contribution in [0, 0.1) is 0 Å². The lowest BCUT2D eigenvalue weighted by Crippen LogP contribution is -2.20. The van der Waals surface area contributed by atoms with Gasteiger partial charge in [-0.25, -0.2) is 0 Å². The van der Waals surface area contributed by atoms with Gasteiger partial charge >= 0.3 is 0 Å². The number of benzene rings is 1. The second-order valence-electron chi connectivity index (χ2n) is 5.63. The molecule has 2 aromatic heterocycles. The zero-order valence-corrected chi connectivity index (χ0v) is 16.1. The normalized spacial score (nSPS) is 12.3. The van der Waals surface area contributed by atoms with E-state index < -0.39 is 0 Å².